The molecule has 0 aliphatic carbocycles. The number of amides is 1. The van der Waals surface area contributed by atoms with Crippen molar-refractivity contribution >= 4 is 6.09 Å². The smallest absolute Gasteiger partial charge is 0.412 e. The standard InChI is InChI=1S/C18H27NO4/c1-18(2,3)23-17(20)19-14(8-11-16(19)22-5)12-13-6-9-15(21-4)10-7-13/h6-7,9-10,14,16H,8,11-12H2,1-5H3/t14-,16-/m0/s1. The number of likely N-dealkylation sites (tertiary alicyclic amines) is 1. The zero-order valence-corrected chi connectivity index (χ0v) is 14.7. The summed E-state index contributed by atoms with van der Waals surface area (Å²) in [4.78, 5) is 14.3. The number of methoxy groups -OCH3 is 2. The Balaban J connectivity index is 2.10. The monoisotopic (exact) mass is 321 g/mol. The van der Waals surface area contributed by atoms with Gasteiger partial charge in [-0.3, -0.25) is 4.90 Å². The van der Waals surface area contributed by atoms with Gasteiger partial charge in [-0.25, -0.2) is 4.79 Å². The summed E-state index contributed by atoms with van der Waals surface area (Å²) in [5, 5.41) is 0. The van der Waals surface area contributed by atoms with Crippen molar-refractivity contribution in [1.29, 1.82) is 0 Å². The number of ether oxygens (including phenoxy) is 3. The Bertz CT molecular complexity index is 521. The minimum absolute atomic E-state index is 0.0863. The van der Waals surface area contributed by atoms with Crippen molar-refractivity contribution in [3.05, 3.63) is 29.8 Å². The lowest BCUT2D eigenvalue weighted by Crippen LogP contribution is -2.45. The van der Waals surface area contributed by atoms with Gasteiger partial charge in [-0.1, -0.05) is 12.1 Å². The zero-order valence-electron chi connectivity index (χ0n) is 14.7. The van der Waals surface area contributed by atoms with Crippen LogP contribution in [0, 0.1) is 0 Å². The molecule has 1 aliphatic rings. The van der Waals surface area contributed by atoms with E-state index in [1.807, 2.05) is 45.0 Å². The van der Waals surface area contributed by atoms with Crippen molar-refractivity contribution in [2.75, 3.05) is 14.2 Å². The minimum Gasteiger partial charge on any atom is -0.497 e. The molecule has 0 radical (unpaired) electrons. The lowest BCUT2D eigenvalue weighted by molar-refractivity contribution is -0.0415. The molecule has 1 fully saturated rings. The SMILES string of the molecule is COc1ccc(C[C@@H]2CC[C@H](OC)N2C(=O)OC(C)(C)C)cc1. The molecular weight excluding hydrogens is 294 g/mol. The van der Waals surface area contributed by atoms with Crippen molar-refractivity contribution < 1.29 is 19.0 Å². The van der Waals surface area contributed by atoms with Crippen molar-refractivity contribution in [3.8, 4) is 5.75 Å². The maximum absolute atomic E-state index is 12.5. The highest BCUT2D eigenvalue weighted by atomic mass is 16.6. The Morgan fingerprint density at radius 2 is 1.83 bits per heavy atom. The van der Waals surface area contributed by atoms with Crippen LogP contribution in [0.2, 0.25) is 0 Å². The van der Waals surface area contributed by atoms with Crippen LogP contribution in [0.1, 0.15) is 39.2 Å². The molecule has 0 bridgehead atoms. The first-order chi connectivity index (χ1) is 10.8. The van der Waals surface area contributed by atoms with E-state index in [2.05, 4.69) is 0 Å². The summed E-state index contributed by atoms with van der Waals surface area (Å²) >= 11 is 0. The van der Waals surface area contributed by atoms with E-state index in [0.717, 1.165) is 25.0 Å². The van der Waals surface area contributed by atoms with Gasteiger partial charge in [0.25, 0.3) is 0 Å². The molecule has 0 aromatic heterocycles. The first-order valence-corrected chi connectivity index (χ1v) is 8.01. The van der Waals surface area contributed by atoms with Gasteiger partial charge in [0.2, 0.25) is 0 Å². The third kappa shape index (κ3) is 4.61. The van der Waals surface area contributed by atoms with Crippen molar-refractivity contribution in [2.45, 2.75) is 57.9 Å². The number of benzene rings is 1. The first-order valence-electron chi connectivity index (χ1n) is 8.01. The molecule has 1 aromatic rings. The average molecular weight is 321 g/mol. The van der Waals surface area contributed by atoms with Crippen LogP contribution in [-0.4, -0.2) is 43.1 Å². The molecule has 0 saturated carbocycles. The van der Waals surface area contributed by atoms with Gasteiger partial charge in [0, 0.05) is 13.2 Å². The molecule has 1 amide bonds. The fraction of sp³-hybridized carbons (Fsp3) is 0.611. The van der Waals surface area contributed by atoms with Crippen LogP contribution in [0.4, 0.5) is 4.79 Å². The van der Waals surface area contributed by atoms with Gasteiger partial charge in [-0.2, -0.15) is 0 Å². The molecule has 0 spiro atoms. The van der Waals surface area contributed by atoms with Gasteiger partial charge in [0.05, 0.1) is 7.11 Å². The van der Waals surface area contributed by atoms with Gasteiger partial charge in [-0.15, -0.1) is 0 Å². The van der Waals surface area contributed by atoms with E-state index in [-0.39, 0.29) is 18.4 Å². The largest absolute Gasteiger partial charge is 0.497 e. The lowest BCUT2D eigenvalue weighted by atomic mass is 10.0. The Hall–Kier alpha value is -1.75. The Morgan fingerprint density at radius 3 is 2.35 bits per heavy atom. The van der Waals surface area contributed by atoms with E-state index < -0.39 is 5.60 Å². The number of carbonyl (C=O) groups excluding carboxylic acids is 1. The van der Waals surface area contributed by atoms with E-state index in [1.54, 1.807) is 19.1 Å². The molecule has 128 valence electrons. The second kappa shape index (κ2) is 7.21. The van der Waals surface area contributed by atoms with Crippen molar-refractivity contribution in [1.82, 2.24) is 4.90 Å². The van der Waals surface area contributed by atoms with E-state index in [0.29, 0.717) is 0 Å². The van der Waals surface area contributed by atoms with Gasteiger partial charge in [-0.05, 0) is 57.7 Å². The average Bonchev–Trinajstić information content (AvgIpc) is 2.89. The Labute approximate surface area is 138 Å². The molecule has 0 unspecified atom stereocenters. The second-order valence-electron chi connectivity index (χ2n) is 6.86. The van der Waals surface area contributed by atoms with Crippen LogP contribution in [0.15, 0.2) is 24.3 Å². The quantitative estimate of drug-likeness (QED) is 0.850. The second-order valence-corrected chi connectivity index (χ2v) is 6.86. The predicted molar refractivity (Wildman–Crippen MR) is 88.6 cm³/mol. The normalized spacial score (nSPS) is 21.3. The molecule has 2 rings (SSSR count). The van der Waals surface area contributed by atoms with E-state index >= 15 is 0 Å². The molecule has 1 saturated heterocycles. The fourth-order valence-electron chi connectivity index (χ4n) is 2.90. The first kappa shape index (κ1) is 17.6. The summed E-state index contributed by atoms with van der Waals surface area (Å²) in [5.41, 5.74) is 0.656. The van der Waals surface area contributed by atoms with Crippen molar-refractivity contribution in [3.63, 3.8) is 0 Å². The fourth-order valence-corrected chi connectivity index (χ4v) is 2.90. The van der Waals surface area contributed by atoms with Crippen LogP contribution in [0.3, 0.4) is 0 Å². The summed E-state index contributed by atoms with van der Waals surface area (Å²) in [6.07, 6.45) is 2.00. The van der Waals surface area contributed by atoms with E-state index in [4.69, 9.17) is 14.2 Å². The zero-order chi connectivity index (χ0) is 17.0. The van der Waals surface area contributed by atoms with E-state index in [1.165, 1.54) is 5.56 Å². The maximum Gasteiger partial charge on any atom is 0.412 e. The molecule has 1 aliphatic heterocycles. The molecule has 23 heavy (non-hydrogen) atoms. The number of rotatable bonds is 4. The van der Waals surface area contributed by atoms with Crippen LogP contribution in [0.5, 0.6) is 5.75 Å². The molecule has 5 nitrogen and oxygen atoms in total. The number of nitrogens with zero attached hydrogens (tertiary/aromatic N) is 1. The highest BCUT2D eigenvalue weighted by Gasteiger charge is 2.39. The molecule has 1 aromatic carbocycles. The molecule has 0 N–H and O–H groups in total. The van der Waals surface area contributed by atoms with E-state index in [9.17, 15) is 4.79 Å². The predicted octanol–water partition coefficient (Wildman–Crippen LogP) is 3.61. The third-order valence-corrected chi connectivity index (χ3v) is 3.96. The lowest BCUT2D eigenvalue weighted by Gasteiger charge is -2.32. The highest BCUT2D eigenvalue weighted by Crippen LogP contribution is 2.29. The van der Waals surface area contributed by atoms with Gasteiger partial charge >= 0.3 is 6.09 Å². The molecular formula is C18H27NO4. The Kier molecular flexibility index (Phi) is 5.52. The van der Waals surface area contributed by atoms with Crippen LogP contribution >= 0.6 is 0 Å². The van der Waals surface area contributed by atoms with Crippen molar-refractivity contribution in [2.24, 2.45) is 0 Å². The highest BCUT2D eigenvalue weighted by molar-refractivity contribution is 5.69. The topological polar surface area (TPSA) is 48.0 Å². The number of carbonyl (C=O) groups is 1. The summed E-state index contributed by atoms with van der Waals surface area (Å²) in [6, 6.07) is 8.03. The minimum atomic E-state index is -0.511. The molecule has 1 heterocycles. The van der Waals surface area contributed by atoms with Crippen LogP contribution in [0.25, 0.3) is 0 Å². The van der Waals surface area contributed by atoms with Crippen LogP contribution in [-0.2, 0) is 15.9 Å². The Morgan fingerprint density at radius 1 is 1.17 bits per heavy atom. The molecule has 2 atom stereocenters. The number of hydrogen-bond acceptors (Lipinski definition) is 4. The maximum atomic E-state index is 12.5. The summed E-state index contributed by atoms with van der Waals surface area (Å²) in [7, 11) is 3.29. The summed E-state index contributed by atoms with van der Waals surface area (Å²) < 4.78 is 16.2. The van der Waals surface area contributed by atoms with Gasteiger partial charge in [0.1, 0.15) is 17.6 Å². The number of hydrogen-bond donors (Lipinski definition) is 0. The third-order valence-electron chi connectivity index (χ3n) is 3.96. The summed E-state index contributed by atoms with van der Waals surface area (Å²) in [5.74, 6) is 0.832. The molecule has 5 heteroatoms. The van der Waals surface area contributed by atoms with Gasteiger partial charge in [0.15, 0.2) is 0 Å². The van der Waals surface area contributed by atoms with Crippen LogP contribution < -0.4 is 4.74 Å². The summed E-state index contributed by atoms with van der Waals surface area (Å²) in [6.45, 7) is 5.63. The van der Waals surface area contributed by atoms with Gasteiger partial charge < -0.3 is 14.2 Å².